The molecule has 0 spiro atoms. The molecule has 0 atom stereocenters. The molecule has 3 nitrogen and oxygen atoms in total. The Balaban J connectivity index is 2.16. The molecule has 0 bridgehead atoms. The molecule has 1 heterocycles. The van der Waals surface area contributed by atoms with Crippen LogP contribution in [0.15, 0.2) is 18.2 Å². The molecule has 88 valence electrons. The van der Waals surface area contributed by atoms with Gasteiger partial charge in [0.25, 0.3) is 0 Å². The summed E-state index contributed by atoms with van der Waals surface area (Å²) in [6, 6.07) is 4.85. The van der Waals surface area contributed by atoms with Crippen LogP contribution in [0.2, 0.25) is 0 Å². The maximum absolute atomic E-state index is 13.3. The van der Waals surface area contributed by atoms with Crippen LogP contribution < -0.4 is 9.64 Å². The summed E-state index contributed by atoms with van der Waals surface area (Å²) in [5.41, 5.74) is 0.907. The van der Waals surface area contributed by atoms with Crippen molar-refractivity contribution in [1.82, 2.24) is 4.90 Å². The van der Waals surface area contributed by atoms with Gasteiger partial charge in [0.05, 0.1) is 7.11 Å². The maximum Gasteiger partial charge on any atom is 0.128 e. The zero-order valence-electron chi connectivity index (χ0n) is 9.74. The van der Waals surface area contributed by atoms with Crippen LogP contribution in [0.3, 0.4) is 0 Å². The first-order valence-electron chi connectivity index (χ1n) is 5.47. The standard InChI is InChI=1S/C12H17FN2O/c1-14-3-5-15(6-4-14)11-7-10(13)8-12(9-11)16-2/h7-9H,3-6H2,1-2H3. The van der Waals surface area contributed by atoms with Gasteiger partial charge in [-0.15, -0.1) is 0 Å². The third-order valence-electron chi connectivity index (χ3n) is 2.96. The number of hydrogen-bond acceptors (Lipinski definition) is 3. The van der Waals surface area contributed by atoms with Crippen molar-refractivity contribution in [3.63, 3.8) is 0 Å². The molecule has 16 heavy (non-hydrogen) atoms. The maximum atomic E-state index is 13.3. The minimum Gasteiger partial charge on any atom is -0.497 e. The number of anilines is 1. The van der Waals surface area contributed by atoms with E-state index in [-0.39, 0.29) is 5.82 Å². The lowest BCUT2D eigenvalue weighted by atomic mass is 10.2. The summed E-state index contributed by atoms with van der Waals surface area (Å²) in [6.07, 6.45) is 0. The minimum absolute atomic E-state index is 0.242. The van der Waals surface area contributed by atoms with E-state index in [1.54, 1.807) is 13.2 Å². The van der Waals surface area contributed by atoms with E-state index in [1.165, 1.54) is 6.07 Å². The number of rotatable bonds is 2. The highest BCUT2D eigenvalue weighted by molar-refractivity contribution is 5.51. The van der Waals surface area contributed by atoms with Crippen LogP contribution in [0.4, 0.5) is 10.1 Å². The minimum atomic E-state index is -0.242. The second-order valence-corrected chi connectivity index (χ2v) is 4.14. The zero-order chi connectivity index (χ0) is 11.5. The molecule has 4 heteroatoms. The largest absolute Gasteiger partial charge is 0.497 e. The predicted octanol–water partition coefficient (Wildman–Crippen LogP) is 1.59. The molecule has 0 radical (unpaired) electrons. The number of hydrogen-bond donors (Lipinski definition) is 0. The van der Waals surface area contributed by atoms with Gasteiger partial charge in [-0.3, -0.25) is 0 Å². The quantitative estimate of drug-likeness (QED) is 0.758. The molecule has 1 aromatic carbocycles. The van der Waals surface area contributed by atoms with Crippen molar-refractivity contribution in [1.29, 1.82) is 0 Å². The highest BCUT2D eigenvalue weighted by Gasteiger charge is 2.15. The van der Waals surface area contributed by atoms with E-state index in [0.717, 1.165) is 31.9 Å². The van der Waals surface area contributed by atoms with E-state index < -0.39 is 0 Å². The Morgan fingerprint density at radius 2 is 1.81 bits per heavy atom. The molecular formula is C12H17FN2O. The number of nitrogens with zero attached hydrogens (tertiary/aromatic N) is 2. The Kier molecular flexibility index (Phi) is 3.29. The topological polar surface area (TPSA) is 15.7 Å². The first-order chi connectivity index (χ1) is 7.69. The fourth-order valence-corrected chi connectivity index (χ4v) is 1.91. The molecule has 1 fully saturated rings. The van der Waals surface area contributed by atoms with Gasteiger partial charge in [-0.1, -0.05) is 0 Å². The molecule has 0 N–H and O–H groups in total. The third-order valence-corrected chi connectivity index (χ3v) is 2.96. The molecule has 0 amide bonds. The number of piperazine rings is 1. The van der Waals surface area contributed by atoms with Crippen LogP contribution in [0.1, 0.15) is 0 Å². The highest BCUT2D eigenvalue weighted by atomic mass is 19.1. The number of benzene rings is 1. The van der Waals surface area contributed by atoms with Crippen molar-refractivity contribution >= 4 is 5.69 Å². The summed E-state index contributed by atoms with van der Waals surface area (Å²) in [7, 11) is 3.66. The van der Waals surface area contributed by atoms with Crippen LogP contribution in [-0.2, 0) is 0 Å². The van der Waals surface area contributed by atoms with Gasteiger partial charge in [-0.2, -0.15) is 0 Å². The van der Waals surface area contributed by atoms with E-state index in [1.807, 2.05) is 6.07 Å². The van der Waals surface area contributed by atoms with Gasteiger partial charge in [-0.25, -0.2) is 4.39 Å². The predicted molar refractivity (Wildman–Crippen MR) is 62.7 cm³/mol. The molecule has 0 aliphatic carbocycles. The lowest BCUT2D eigenvalue weighted by Crippen LogP contribution is -2.44. The van der Waals surface area contributed by atoms with Crippen molar-refractivity contribution in [2.24, 2.45) is 0 Å². The second-order valence-electron chi connectivity index (χ2n) is 4.14. The number of halogens is 1. The first kappa shape index (κ1) is 11.2. The number of likely N-dealkylation sites (N-methyl/N-ethyl adjacent to an activating group) is 1. The Morgan fingerprint density at radius 1 is 1.12 bits per heavy atom. The summed E-state index contributed by atoms with van der Waals surface area (Å²) in [5.74, 6) is 0.335. The van der Waals surface area contributed by atoms with Gasteiger partial charge in [0.1, 0.15) is 11.6 Å². The van der Waals surface area contributed by atoms with Crippen LogP contribution in [0, 0.1) is 5.82 Å². The molecule has 1 aliphatic heterocycles. The van der Waals surface area contributed by atoms with Crippen molar-refractivity contribution in [3.8, 4) is 5.75 Å². The molecule has 0 aromatic heterocycles. The molecule has 1 saturated heterocycles. The summed E-state index contributed by atoms with van der Waals surface area (Å²) < 4.78 is 18.4. The second kappa shape index (κ2) is 4.70. The lowest BCUT2D eigenvalue weighted by molar-refractivity contribution is 0.312. The van der Waals surface area contributed by atoms with E-state index in [4.69, 9.17) is 4.74 Å². The van der Waals surface area contributed by atoms with E-state index in [0.29, 0.717) is 5.75 Å². The van der Waals surface area contributed by atoms with Crippen molar-refractivity contribution < 1.29 is 9.13 Å². The van der Waals surface area contributed by atoms with E-state index in [2.05, 4.69) is 16.8 Å². The zero-order valence-corrected chi connectivity index (χ0v) is 9.74. The molecule has 1 aromatic rings. The monoisotopic (exact) mass is 224 g/mol. The van der Waals surface area contributed by atoms with Crippen LogP contribution in [0.25, 0.3) is 0 Å². The van der Waals surface area contributed by atoms with Crippen LogP contribution >= 0.6 is 0 Å². The summed E-state index contributed by atoms with van der Waals surface area (Å²) in [5, 5.41) is 0. The average Bonchev–Trinajstić information content (AvgIpc) is 2.29. The molecular weight excluding hydrogens is 207 g/mol. The van der Waals surface area contributed by atoms with Crippen molar-refractivity contribution in [3.05, 3.63) is 24.0 Å². The average molecular weight is 224 g/mol. The molecule has 2 rings (SSSR count). The van der Waals surface area contributed by atoms with Gasteiger partial charge in [0, 0.05) is 44.0 Å². The van der Waals surface area contributed by atoms with Crippen LogP contribution in [-0.4, -0.2) is 45.2 Å². The smallest absolute Gasteiger partial charge is 0.128 e. The molecule has 1 aliphatic rings. The Morgan fingerprint density at radius 3 is 2.44 bits per heavy atom. The summed E-state index contributed by atoms with van der Waals surface area (Å²) in [4.78, 5) is 4.46. The van der Waals surface area contributed by atoms with Crippen LogP contribution in [0.5, 0.6) is 5.75 Å². The molecule has 0 unspecified atom stereocenters. The fourth-order valence-electron chi connectivity index (χ4n) is 1.91. The highest BCUT2D eigenvalue weighted by Crippen LogP contribution is 2.24. The normalized spacial score (nSPS) is 17.6. The van der Waals surface area contributed by atoms with Gasteiger partial charge < -0.3 is 14.5 Å². The SMILES string of the molecule is COc1cc(F)cc(N2CCN(C)CC2)c1. The number of methoxy groups -OCH3 is 1. The van der Waals surface area contributed by atoms with Crippen molar-refractivity contribution in [2.75, 3.05) is 45.2 Å². The Labute approximate surface area is 95.4 Å². The number of ether oxygens (including phenoxy) is 1. The van der Waals surface area contributed by atoms with Gasteiger partial charge in [0.15, 0.2) is 0 Å². The molecule has 0 saturated carbocycles. The van der Waals surface area contributed by atoms with Gasteiger partial charge >= 0.3 is 0 Å². The van der Waals surface area contributed by atoms with Crippen molar-refractivity contribution in [2.45, 2.75) is 0 Å². The van der Waals surface area contributed by atoms with Gasteiger partial charge in [-0.05, 0) is 13.1 Å². The third kappa shape index (κ3) is 2.44. The Bertz CT molecular complexity index is 362. The summed E-state index contributed by atoms with van der Waals surface area (Å²) in [6.45, 7) is 3.89. The summed E-state index contributed by atoms with van der Waals surface area (Å²) >= 11 is 0. The van der Waals surface area contributed by atoms with Gasteiger partial charge in [0.2, 0.25) is 0 Å². The van der Waals surface area contributed by atoms with E-state index in [9.17, 15) is 4.39 Å². The fraction of sp³-hybridized carbons (Fsp3) is 0.500. The first-order valence-corrected chi connectivity index (χ1v) is 5.47. The Hall–Kier alpha value is -1.29. The lowest BCUT2D eigenvalue weighted by Gasteiger charge is -2.34. The van der Waals surface area contributed by atoms with E-state index >= 15 is 0 Å².